The van der Waals surface area contributed by atoms with E-state index >= 15 is 0 Å². The molecular formula is C14H21N3O2. The van der Waals surface area contributed by atoms with Gasteiger partial charge >= 0.3 is 0 Å². The monoisotopic (exact) mass is 263 g/mol. The highest BCUT2D eigenvalue weighted by atomic mass is 16.6. The number of hydrogen-bond acceptors (Lipinski definition) is 4. The van der Waals surface area contributed by atoms with Crippen LogP contribution in [0.5, 0.6) is 0 Å². The van der Waals surface area contributed by atoms with Crippen LogP contribution in [0, 0.1) is 16.0 Å². The maximum Gasteiger partial charge on any atom is 0.273 e. The Hall–Kier alpha value is -1.78. The average molecular weight is 263 g/mol. The molecule has 0 saturated heterocycles. The minimum atomic E-state index is -0.333. The Kier molecular flexibility index (Phi) is 3.93. The third-order valence-corrected chi connectivity index (χ3v) is 3.82. The molecule has 1 saturated carbocycles. The highest BCUT2D eigenvalue weighted by Crippen LogP contribution is 2.37. The van der Waals surface area contributed by atoms with Crippen molar-refractivity contribution in [1.29, 1.82) is 0 Å². The van der Waals surface area contributed by atoms with E-state index in [1.165, 1.54) is 12.8 Å². The largest absolute Gasteiger partial charge is 0.385 e. The summed E-state index contributed by atoms with van der Waals surface area (Å²) in [5.74, 6) is 0.729. The fourth-order valence-electron chi connectivity index (χ4n) is 2.34. The van der Waals surface area contributed by atoms with E-state index in [2.05, 4.69) is 17.1 Å². The zero-order chi connectivity index (χ0) is 14.0. The molecule has 1 N–H and O–H groups in total. The SMILES string of the molecule is CCNc1cc(N(C)C(C)C2CC2)cc([N+](=O)[O-])c1. The van der Waals surface area contributed by atoms with Crippen LogP contribution in [0.15, 0.2) is 18.2 Å². The molecule has 104 valence electrons. The fraction of sp³-hybridized carbons (Fsp3) is 0.571. The first-order chi connectivity index (χ1) is 9.02. The van der Waals surface area contributed by atoms with Crippen molar-refractivity contribution >= 4 is 17.1 Å². The molecular weight excluding hydrogens is 242 g/mol. The van der Waals surface area contributed by atoms with Gasteiger partial charge in [-0.15, -0.1) is 0 Å². The molecule has 0 spiro atoms. The maximum absolute atomic E-state index is 11.0. The molecule has 1 aromatic carbocycles. The molecule has 5 nitrogen and oxygen atoms in total. The Labute approximate surface area is 113 Å². The molecule has 0 heterocycles. The summed E-state index contributed by atoms with van der Waals surface area (Å²) in [5, 5.41) is 14.2. The van der Waals surface area contributed by atoms with Gasteiger partial charge in [-0.3, -0.25) is 10.1 Å². The number of non-ortho nitro benzene ring substituents is 1. The van der Waals surface area contributed by atoms with E-state index in [0.717, 1.165) is 23.8 Å². The molecule has 5 heteroatoms. The van der Waals surface area contributed by atoms with Gasteiger partial charge in [0.15, 0.2) is 0 Å². The smallest absolute Gasteiger partial charge is 0.273 e. The van der Waals surface area contributed by atoms with E-state index in [9.17, 15) is 10.1 Å². The van der Waals surface area contributed by atoms with Crippen molar-refractivity contribution < 1.29 is 4.92 Å². The van der Waals surface area contributed by atoms with Gasteiger partial charge in [0.05, 0.1) is 4.92 Å². The van der Waals surface area contributed by atoms with Crippen molar-refractivity contribution in [2.75, 3.05) is 23.8 Å². The average Bonchev–Trinajstić information content (AvgIpc) is 3.21. The topological polar surface area (TPSA) is 58.4 Å². The summed E-state index contributed by atoms with van der Waals surface area (Å²) >= 11 is 0. The van der Waals surface area contributed by atoms with Crippen molar-refractivity contribution in [3.63, 3.8) is 0 Å². The van der Waals surface area contributed by atoms with E-state index in [-0.39, 0.29) is 10.6 Å². The second-order valence-corrected chi connectivity index (χ2v) is 5.21. The van der Waals surface area contributed by atoms with Crippen LogP contribution in [0.3, 0.4) is 0 Å². The van der Waals surface area contributed by atoms with Crippen molar-refractivity contribution in [1.82, 2.24) is 0 Å². The van der Waals surface area contributed by atoms with Gasteiger partial charge < -0.3 is 10.2 Å². The number of benzene rings is 1. The van der Waals surface area contributed by atoms with Crippen LogP contribution in [0.2, 0.25) is 0 Å². The van der Waals surface area contributed by atoms with Crippen LogP contribution < -0.4 is 10.2 Å². The summed E-state index contributed by atoms with van der Waals surface area (Å²) in [4.78, 5) is 12.8. The second kappa shape index (κ2) is 5.47. The van der Waals surface area contributed by atoms with Crippen LogP contribution in [-0.2, 0) is 0 Å². The molecule has 1 aliphatic carbocycles. The normalized spacial score (nSPS) is 15.9. The van der Waals surface area contributed by atoms with E-state index in [1.54, 1.807) is 12.1 Å². The first-order valence-corrected chi connectivity index (χ1v) is 6.79. The Morgan fingerprint density at radius 3 is 2.68 bits per heavy atom. The van der Waals surface area contributed by atoms with Crippen LogP contribution in [0.4, 0.5) is 17.1 Å². The van der Waals surface area contributed by atoms with Gasteiger partial charge in [-0.25, -0.2) is 0 Å². The molecule has 19 heavy (non-hydrogen) atoms. The molecule has 1 fully saturated rings. The Morgan fingerprint density at radius 2 is 2.16 bits per heavy atom. The molecule has 0 radical (unpaired) electrons. The first-order valence-electron chi connectivity index (χ1n) is 6.79. The summed E-state index contributed by atoms with van der Waals surface area (Å²) in [5.41, 5.74) is 1.86. The third kappa shape index (κ3) is 3.16. The van der Waals surface area contributed by atoms with Crippen LogP contribution in [-0.4, -0.2) is 24.6 Å². The van der Waals surface area contributed by atoms with Crippen molar-refractivity contribution in [2.24, 2.45) is 5.92 Å². The number of anilines is 2. The number of hydrogen-bond donors (Lipinski definition) is 1. The number of nitrogens with one attached hydrogen (secondary N) is 1. The molecule has 0 aromatic heterocycles. The lowest BCUT2D eigenvalue weighted by molar-refractivity contribution is -0.384. The summed E-state index contributed by atoms with van der Waals surface area (Å²) in [6.07, 6.45) is 2.53. The van der Waals surface area contributed by atoms with Gasteiger partial charge in [-0.05, 0) is 38.7 Å². The molecule has 1 aliphatic rings. The summed E-state index contributed by atoms with van der Waals surface area (Å²) < 4.78 is 0. The number of nitro groups is 1. The second-order valence-electron chi connectivity index (χ2n) is 5.21. The number of rotatable bonds is 6. The first kappa shape index (κ1) is 13.6. The van der Waals surface area contributed by atoms with Gasteiger partial charge in [-0.2, -0.15) is 0 Å². The quantitative estimate of drug-likeness (QED) is 0.632. The molecule has 1 atom stereocenters. The minimum absolute atomic E-state index is 0.142. The van der Waals surface area contributed by atoms with Crippen molar-refractivity contribution in [2.45, 2.75) is 32.7 Å². The minimum Gasteiger partial charge on any atom is -0.385 e. The molecule has 1 unspecified atom stereocenters. The molecule has 0 amide bonds. The summed E-state index contributed by atoms with van der Waals surface area (Å²) in [7, 11) is 2.01. The molecule has 1 aromatic rings. The van der Waals surface area contributed by atoms with Crippen molar-refractivity contribution in [3.05, 3.63) is 28.3 Å². The van der Waals surface area contributed by atoms with Gasteiger partial charge in [0, 0.05) is 43.1 Å². The summed E-state index contributed by atoms with van der Waals surface area (Å²) in [6, 6.07) is 5.65. The van der Waals surface area contributed by atoms with Gasteiger partial charge in [0.1, 0.15) is 0 Å². The lowest BCUT2D eigenvalue weighted by atomic mass is 10.1. The van der Waals surface area contributed by atoms with Crippen LogP contribution >= 0.6 is 0 Å². The Morgan fingerprint density at radius 1 is 1.47 bits per heavy atom. The summed E-state index contributed by atoms with van der Waals surface area (Å²) in [6.45, 7) is 4.92. The Balaban J connectivity index is 2.29. The highest BCUT2D eigenvalue weighted by Gasteiger charge is 2.31. The van der Waals surface area contributed by atoms with E-state index in [4.69, 9.17) is 0 Å². The van der Waals surface area contributed by atoms with Crippen LogP contribution in [0.1, 0.15) is 26.7 Å². The van der Waals surface area contributed by atoms with Gasteiger partial charge in [-0.1, -0.05) is 0 Å². The Bertz CT molecular complexity index is 472. The van der Waals surface area contributed by atoms with Gasteiger partial charge in [0.25, 0.3) is 5.69 Å². The maximum atomic E-state index is 11.0. The van der Waals surface area contributed by atoms with Crippen molar-refractivity contribution in [3.8, 4) is 0 Å². The van der Waals surface area contributed by atoms with Gasteiger partial charge in [0.2, 0.25) is 0 Å². The number of nitro benzene ring substituents is 1. The van der Waals surface area contributed by atoms with E-state index in [0.29, 0.717) is 6.04 Å². The third-order valence-electron chi connectivity index (χ3n) is 3.82. The van der Waals surface area contributed by atoms with Crippen LogP contribution in [0.25, 0.3) is 0 Å². The lowest BCUT2D eigenvalue weighted by Gasteiger charge is -2.27. The molecule has 2 rings (SSSR count). The van der Waals surface area contributed by atoms with E-state index in [1.807, 2.05) is 20.0 Å². The standard InChI is InChI=1S/C14H21N3O2/c1-4-15-12-7-13(9-14(8-12)17(18)19)16(3)10(2)11-5-6-11/h7-11,15H,4-6H2,1-3H3. The molecule has 0 bridgehead atoms. The highest BCUT2D eigenvalue weighted by molar-refractivity contribution is 5.64. The zero-order valence-corrected chi connectivity index (χ0v) is 11.7. The fourth-order valence-corrected chi connectivity index (χ4v) is 2.34. The predicted octanol–water partition coefficient (Wildman–Crippen LogP) is 3.26. The zero-order valence-electron chi connectivity index (χ0n) is 11.7. The predicted molar refractivity (Wildman–Crippen MR) is 77.8 cm³/mol. The molecule has 0 aliphatic heterocycles. The lowest BCUT2D eigenvalue weighted by Crippen LogP contribution is -2.30. The number of nitrogens with zero attached hydrogens (tertiary/aromatic N) is 2. The van der Waals surface area contributed by atoms with E-state index < -0.39 is 0 Å².